The second-order valence-corrected chi connectivity index (χ2v) is 6.44. The van der Waals surface area contributed by atoms with E-state index < -0.39 is 20.9 Å². The van der Waals surface area contributed by atoms with E-state index in [2.05, 4.69) is 10.0 Å². The number of rotatable bonds is 7. The van der Waals surface area contributed by atoms with Gasteiger partial charge in [0.2, 0.25) is 10.0 Å². The van der Waals surface area contributed by atoms with E-state index in [1.54, 1.807) is 0 Å². The molecule has 0 aliphatic heterocycles. The van der Waals surface area contributed by atoms with Gasteiger partial charge in [-0.2, -0.15) is 0 Å². The first-order valence-electron chi connectivity index (χ1n) is 5.87. The van der Waals surface area contributed by atoms with Crippen molar-refractivity contribution in [3.63, 3.8) is 0 Å². The molecule has 0 saturated carbocycles. The first kappa shape index (κ1) is 17.3. The van der Waals surface area contributed by atoms with Crippen molar-refractivity contribution in [2.45, 2.75) is 6.42 Å². The van der Waals surface area contributed by atoms with Gasteiger partial charge in [0.15, 0.2) is 0 Å². The van der Waals surface area contributed by atoms with Crippen LogP contribution in [0.1, 0.15) is 16.8 Å². The largest absolute Gasteiger partial charge is 0.352 e. The summed E-state index contributed by atoms with van der Waals surface area (Å²) < 4.78 is 23.9. The molecule has 116 valence electrons. The van der Waals surface area contributed by atoms with Crippen molar-refractivity contribution in [3.8, 4) is 0 Å². The maximum atomic E-state index is 11.8. The Balaban J connectivity index is 2.49. The molecule has 0 bridgehead atoms. The third-order valence-corrected chi connectivity index (χ3v) is 3.44. The van der Waals surface area contributed by atoms with Crippen LogP contribution in [0, 0.1) is 10.1 Å². The Morgan fingerprint density at radius 3 is 2.57 bits per heavy atom. The molecule has 1 amide bonds. The molecule has 0 spiro atoms. The highest BCUT2D eigenvalue weighted by Crippen LogP contribution is 2.24. The Morgan fingerprint density at radius 1 is 1.38 bits per heavy atom. The van der Waals surface area contributed by atoms with E-state index in [4.69, 9.17) is 11.6 Å². The SMILES string of the molecule is CS(=O)(=O)NCCCNC(=O)c1ccc([N+](=O)[O-])c(Cl)c1. The first-order valence-corrected chi connectivity index (χ1v) is 8.14. The number of halogens is 1. The number of benzene rings is 1. The van der Waals surface area contributed by atoms with Gasteiger partial charge in [0.1, 0.15) is 5.02 Å². The molecule has 0 aliphatic carbocycles. The first-order chi connectivity index (χ1) is 9.70. The lowest BCUT2D eigenvalue weighted by atomic mass is 10.2. The van der Waals surface area contributed by atoms with Crippen molar-refractivity contribution < 1.29 is 18.1 Å². The number of nitro groups is 1. The summed E-state index contributed by atoms with van der Waals surface area (Å²) in [4.78, 5) is 21.7. The van der Waals surface area contributed by atoms with Crippen molar-refractivity contribution in [1.29, 1.82) is 0 Å². The summed E-state index contributed by atoms with van der Waals surface area (Å²) in [5.74, 6) is -0.439. The van der Waals surface area contributed by atoms with Gasteiger partial charge in [-0.05, 0) is 18.6 Å². The van der Waals surface area contributed by atoms with E-state index in [1.165, 1.54) is 12.1 Å². The monoisotopic (exact) mass is 335 g/mol. The number of carbonyl (C=O) groups excluding carboxylic acids is 1. The Kier molecular flexibility index (Phi) is 6.06. The molecule has 0 aromatic heterocycles. The predicted molar refractivity (Wildman–Crippen MR) is 77.9 cm³/mol. The zero-order chi connectivity index (χ0) is 16.0. The summed E-state index contributed by atoms with van der Waals surface area (Å²) in [5, 5.41) is 13.0. The lowest BCUT2D eigenvalue weighted by molar-refractivity contribution is -0.384. The van der Waals surface area contributed by atoms with Crippen LogP contribution < -0.4 is 10.0 Å². The molecule has 0 saturated heterocycles. The summed E-state index contributed by atoms with van der Waals surface area (Å²) in [7, 11) is -3.24. The van der Waals surface area contributed by atoms with Gasteiger partial charge in [-0.3, -0.25) is 14.9 Å². The van der Waals surface area contributed by atoms with Gasteiger partial charge >= 0.3 is 0 Å². The van der Waals surface area contributed by atoms with Crippen LogP contribution in [0.15, 0.2) is 18.2 Å². The molecule has 0 unspecified atom stereocenters. The number of amides is 1. The third-order valence-electron chi connectivity index (χ3n) is 2.41. The van der Waals surface area contributed by atoms with E-state index in [9.17, 15) is 23.3 Å². The number of hydrogen-bond donors (Lipinski definition) is 2. The van der Waals surface area contributed by atoms with Crippen LogP contribution in [0.4, 0.5) is 5.69 Å². The van der Waals surface area contributed by atoms with Crippen molar-refractivity contribution in [2.75, 3.05) is 19.3 Å². The van der Waals surface area contributed by atoms with E-state index in [-0.39, 0.29) is 29.4 Å². The average Bonchev–Trinajstić information content (AvgIpc) is 2.36. The normalized spacial score (nSPS) is 11.1. The Bertz CT molecular complexity index is 647. The van der Waals surface area contributed by atoms with Crippen LogP contribution in [0.25, 0.3) is 0 Å². The fourth-order valence-electron chi connectivity index (χ4n) is 1.45. The zero-order valence-corrected chi connectivity index (χ0v) is 12.7. The lowest BCUT2D eigenvalue weighted by Gasteiger charge is -2.06. The average molecular weight is 336 g/mol. The van der Waals surface area contributed by atoms with E-state index in [1.807, 2.05) is 0 Å². The van der Waals surface area contributed by atoms with E-state index >= 15 is 0 Å². The molecule has 1 aromatic rings. The number of nitrogens with zero attached hydrogens (tertiary/aromatic N) is 1. The molecule has 21 heavy (non-hydrogen) atoms. The standard InChI is InChI=1S/C11H14ClN3O5S/c1-21(19,20)14-6-2-5-13-11(16)8-3-4-10(15(17)18)9(12)7-8/h3-4,7,14H,2,5-6H2,1H3,(H,13,16). The molecule has 0 atom stereocenters. The summed E-state index contributed by atoms with van der Waals surface area (Å²) in [6.45, 7) is 0.468. The summed E-state index contributed by atoms with van der Waals surface area (Å²) in [5.41, 5.74) is -0.0766. The minimum Gasteiger partial charge on any atom is -0.352 e. The predicted octanol–water partition coefficient (Wildman–Crippen LogP) is 0.917. The molecule has 0 radical (unpaired) electrons. The maximum absolute atomic E-state index is 11.8. The highest BCUT2D eigenvalue weighted by molar-refractivity contribution is 7.88. The van der Waals surface area contributed by atoms with Gasteiger partial charge in [-0.15, -0.1) is 0 Å². The van der Waals surface area contributed by atoms with E-state index in [0.717, 1.165) is 12.3 Å². The smallest absolute Gasteiger partial charge is 0.287 e. The molecule has 2 N–H and O–H groups in total. The Hall–Kier alpha value is -1.71. The summed E-state index contributed by atoms with van der Waals surface area (Å²) in [6.07, 6.45) is 1.46. The van der Waals surface area contributed by atoms with Gasteiger partial charge in [0.05, 0.1) is 11.2 Å². The van der Waals surface area contributed by atoms with Crippen LogP contribution in [0.3, 0.4) is 0 Å². The van der Waals surface area contributed by atoms with E-state index in [0.29, 0.717) is 6.42 Å². The maximum Gasteiger partial charge on any atom is 0.287 e. The summed E-state index contributed by atoms with van der Waals surface area (Å²) in [6, 6.07) is 3.67. The minimum atomic E-state index is -3.24. The zero-order valence-electron chi connectivity index (χ0n) is 11.1. The third kappa shape index (κ3) is 6.06. The van der Waals surface area contributed by atoms with Gasteiger partial charge in [-0.25, -0.2) is 13.1 Å². The van der Waals surface area contributed by atoms with Crippen LogP contribution in [0.5, 0.6) is 0 Å². The number of nitrogens with one attached hydrogen (secondary N) is 2. The number of hydrogen-bond acceptors (Lipinski definition) is 5. The molecule has 0 aliphatic rings. The van der Waals surface area contributed by atoms with Crippen LogP contribution in [-0.4, -0.2) is 38.6 Å². The fourth-order valence-corrected chi connectivity index (χ4v) is 2.21. The molecular weight excluding hydrogens is 322 g/mol. The van der Waals surface area contributed by atoms with Crippen LogP contribution >= 0.6 is 11.6 Å². The van der Waals surface area contributed by atoms with Crippen molar-refractivity contribution >= 4 is 33.2 Å². The number of sulfonamides is 1. The van der Waals surface area contributed by atoms with Crippen molar-refractivity contribution in [3.05, 3.63) is 38.9 Å². The van der Waals surface area contributed by atoms with Crippen molar-refractivity contribution in [2.24, 2.45) is 0 Å². The van der Waals surface area contributed by atoms with Gasteiger partial charge in [-0.1, -0.05) is 11.6 Å². The Morgan fingerprint density at radius 2 is 2.05 bits per heavy atom. The highest BCUT2D eigenvalue weighted by Gasteiger charge is 2.14. The Labute approximate surface area is 126 Å². The number of nitro benzene ring substituents is 1. The molecule has 1 rings (SSSR count). The second kappa shape index (κ2) is 7.34. The van der Waals surface area contributed by atoms with Crippen LogP contribution in [-0.2, 0) is 10.0 Å². The molecular formula is C11H14ClN3O5S. The van der Waals surface area contributed by atoms with Crippen molar-refractivity contribution in [1.82, 2.24) is 10.0 Å². The van der Waals surface area contributed by atoms with Gasteiger partial charge < -0.3 is 5.32 Å². The summed E-state index contributed by atoms with van der Waals surface area (Å²) >= 11 is 5.70. The lowest BCUT2D eigenvalue weighted by Crippen LogP contribution is -2.29. The molecule has 10 heteroatoms. The number of carbonyl (C=O) groups is 1. The minimum absolute atomic E-state index is 0.119. The van der Waals surface area contributed by atoms with Gasteiger partial charge in [0.25, 0.3) is 11.6 Å². The molecule has 8 nitrogen and oxygen atoms in total. The molecule has 1 aromatic carbocycles. The van der Waals surface area contributed by atoms with Crippen LogP contribution in [0.2, 0.25) is 5.02 Å². The topological polar surface area (TPSA) is 118 Å². The quantitative estimate of drug-likeness (QED) is 0.436. The fraction of sp³-hybridized carbons (Fsp3) is 0.364. The molecule has 0 heterocycles. The second-order valence-electron chi connectivity index (χ2n) is 4.20. The highest BCUT2D eigenvalue weighted by atomic mass is 35.5. The van der Waals surface area contributed by atoms with Gasteiger partial charge in [0, 0.05) is 24.7 Å². The molecule has 0 fully saturated rings.